The molecule has 1 aromatic rings. The van der Waals surface area contributed by atoms with Crippen LogP contribution in [0.2, 0.25) is 0 Å². The van der Waals surface area contributed by atoms with Crippen LogP contribution in [0.25, 0.3) is 0 Å². The lowest BCUT2D eigenvalue weighted by Gasteiger charge is -2.19. The third-order valence-electron chi connectivity index (χ3n) is 3.19. The van der Waals surface area contributed by atoms with Crippen molar-refractivity contribution in [2.24, 2.45) is 0 Å². The molecule has 21 heavy (non-hydrogen) atoms. The van der Waals surface area contributed by atoms with Crippen LogP contribution >= 0.6 is 0 Å². The van der Waals surface area contributed by atoms with Crippen LogP contribution in [0.3, 0.4) is 0 Å². The average molecular weight is 291 g/mol. The van der Waals surface area contributed by atoms with Crippen LogP contribution in [0.1, 0.15) is 28.8 Å². The largest absolute Gasteiger partial charge is 0.395 e. The Morgan fingerprint density at radius 2 is 2.24 bits per heavy atom. The van der Waals surface area contributed by atoms with E-state index < -0.39 is 5.82 Å². The maximum Gasteiger partial charge on any atom is 0.254 e. The van der Waals surface area contributed by atoms with Gasteiger partial charge in [0.2, 0.25) is 0 Å². The highest BCUT2D eigenvalue weighted by Gasteiger charge is 2.18. The normalized spacial score (nSPS) is 15.0. The Balaban J connectivity index is 2.12. The van der Waals surface area contributed by atoms with E-state index in [0.717, 1.165) is 6.42 Å². The molecule has 0 unspecified atom stereocenters. The summed E-state index contributed by atoms with van der Waals surface area (Å²) in [6, 6.07) is 4.30. The topological polar surface area (TPSA) is 49.8 Å². The van der Waals surface area contributed by atoms with Gasteiger partial charge in [0.05, 0.1) is 18.8 Å². The van der Waals surface area contributed by atoms with E-state index in [1.807, 2.05) is 0 Å². The van der Waals surface area contributed by atoms with Crippen LogP contribution in [-0.4, -0.2) is 48.8 Å². The van der Waals surface area contributed by atoms with Crippen molar-refractivity contribution in [2.45, 2.75) is 12.8 Å². The van der Waals surface area contributed by atoms with Crippen molar-refractivity contribution in [3.63, 3.8) is 0 Å². The van der Waals surface area contributed by atoms with Crippen molar-refractivity contribution >= 4 is 5.91 Å². The molecule has 1 N–H and O–H groups in total. The number of rotatable bonds is 2. The van der Waals surface area contributed by atoms with Gasteiger partial charge in [-0.25, -0.2) is 4.39 Å². The summed E-state index contributed by atoms with van der Waals surface area (Å²) in [4.78, 5) is 14.0. The molecule has 2 rings (SSSR count). The van der Waals surface area contributed by atoms with Crippen molar-refractivity contribution in [1.82, 2.24) is 4.90 Å². The number of halogens is 1. The van der Waals surface area contributed by atoms with Crippen LogP contribution in [0, 0.1) is 17.7 Å². The summed E-state index contributed by atoms with van der Waals surface area (Å²) in [5.41, 5.74) is 0.557. The first-order valence-electron chi connectivity index (χ1n) is 6.98. The predicted molar refractivity (Wildman–Crippen MR) is 76.3 cm³/mol. The predicted octanol–water partition coefficient (Wildman–Crippen LogP) is 1.42. The van der Waals surface area contributed by atoms with Gasteiger partial charge in [-0.3, -0.25) is 4.79 Å². The van der Waals surface area contributed by atoms with Crippen molar-refractivity contribution in [3.05, 3.63) is 35.1 Å². The molecule has 0 spiro atoms. The molecule has 0 bridgehead atoms. The van der Waals surface area contributed by atoms with E-state index >= 15 is 0 Å². The number of carbonyl (C=O) groups is 1. The lowest BCUT2D eigenvalue weighted by atomic mass is 10.1. The fraction of sp³-hybridized carbons (Fsp3) is 0.438. The second kappa shape index (κ2) is 7.77. The molecule has 1 aliphatic rings. The zero-order valence-corrected chi connectivity index (χ0v) is 11.8. The van der Waals surface area contributed by atoms with E-state index in [-0.39, 0.29) is 18.1 Å². The van der Waals surface area contributed by atoms with Crippen molar-refractivity contribution < 1.29 is 19.0 Å². The second-order valence-corrected chi connectivity index (χ2v) is 4.73. The summed E-state index contributed by atoms with van der Waals surface area (Å²) in [6.45, 7) is 2.26. The third-order valence-corrected chi connectivity index (χ3v) is 3.19. The maximum atomic E-state index is 13.9. The minimum atomic E-state index is -0.516. The first-order valence-corrected chi connectivity index (χ1v) is 6.98. The van der Waals surface area contributed by atoms with E-state index in [4.69, 9.17) is 9.84 Å². The number of benzene rings is 1. The summed E-state index contributed by atoms with van der Waals surface area (Å²) in [6.07, 6.45) is 1.09. The van der Waals surface area contributed by atoms with Crippen LogP contribution < -0.4 is 0 Å². The van der Waals surface area contributed by atoms with Crippen molar-refractivity contribution in [2.75, 3.05) is 32.9 Å². The monoisotopic (exact) mass is 291 g/mol. The molecule has 1 aromatic carbocycles. The Kier molecular flexibility index (Phi) is 5.73. The molecule has 112 valence electrons. The highest BCUT2D eigenvalue weighted by molar-refractivity contribution is 5.94. The number of carbonyl (C=O) groups excluding carboxylic acids is 1. The summed E-state index contributed by atoms with van der Waals surface area (Å²) in [5, 5.41) is 8.64. The Labute approximate surface area is 123 Å². The molecule has 1 heterocycles. The maximum absolute atomic E-state index is 13.9. The first kappa shape index (κ1) is 15.5. The molecule has 0 atom stereocenters. The summed E-state index contributed by atoms with van der Waals surface area (Å²) in [7, 11) is 0. The van der Waals surface area contributed by atoms with Gasteiger partial charge < -0.3 is 14.7 Å². The summed E-state index contributed by atoms with van der Waals surface area (Å²) >= 11 is 0. The molecule has 1 aliphatic heterocycles. The summed E-state index contributed by atoms with van der Waals surface area (Å²) < 4.78 is 19.2. The van der Waals surface area contributed by atoms with E-state index in [2.05, 4.69) is 11.8 Å². The molecule has 5 heteroatoms. The number of ether oxygens (including phenoxy) is 1. The zero-order valence-electron chi connectivity index (χ0n) is 11.8. The fourth-order valence-corrected chi connectivity index (χ4v) is 2.09. The second-order valence-electron chi connectivity index (χ2n) is 4.73. The number of aliphatic hydroxyl groups excluding tert-OH is 1. The Bertz CT molecular complexity index is 554. The molecule has 0 radical (unpaired) electrons. The molecular weight excluding hydrogens is 273 g/mol. The molecule has 0 aromatic heterocycles. The highest BCUT2D eigenvalue weighted by atomic mass is 19.1. The Morgan fingerprint density at radius 3 is 3.00 bits per heavy atom. The average Bonchev–Trinajstić information content (AvgIpc) is 2.77. The Hall–Kier alpha value is -1.90. The van der Waals surface area contributed by atoms with Gasteiger partial charge in [0, 0.05) is 31.7 Å². The Morgan fingerprint density at radius 1 is 1.38 bits per heavy atom. The van der Waals surface area contributed by atoms with Crippen LogP contribution in [0.5, 0.6) is 0 Å². The van der Waals surface area contributed by atoms with Gasteiger partial charge >= 0.3 is 0 Å². The van der Waals surface area contributed by atoms with Crippen molar-refractivity contribution in [3.8, 4) is 11.8 Å². The minimum Gasteiger partial charge on any atom is -0.395 e. The van der Waals surface area contributed by atoms with Crippen LogP contribution in [-0.2, 0) is 4.74 Å². The smallest absolute Gasteiger partial charge is 0.254 e. The SMILES string of the molecule is O=C(c1ccc(C#CCCO)c(F)c1)N1CCCOCC1. The molecule has 1 fully saturated rings. The highest BCUT2D eigenvalue weighted by Crippen LogP contribution is 2.13. The molecule has 1 saturated heterocycles. The molecular formula is C16H18FNO3. The standard InChI is InChI=1S/C16H18FNO3/c17-15-12-14(6-5-13(15)4-1-2-9-19)16(20)18-7-3-10-21-11-8-18/h5-6,12,19H,2-3,7-11H2. The fourth-order valence-electron chi connectivity index (χ4n) is 2.09. The minimum absolute atomic E-state index is 0.0534. The van der Waals surface area contributed by atoms with Gasteiger partial charge in [-0.1, -0.05) is 11.8 Å². The zero-order chi connectivity index (χ0) is 15.1. The lowest BCUT2D eigenvalue weighted by molar-refractivity contribution is 0.0741. The van der Waals surface area contributed by atoms with E-state index in [0.29, 0.717) is 38.3 Å². The van der Waals surface area contributed by atoms with Crippen LogP contribution in [0.15, 0.2) is 18.2 Å². The van der Waals surface area contributed by atoms with Gasteiger partial charge in [0.15, 0.2) is 0 Å². The molecule has 0 saturated carbocycles. The van der Waals surface area contributed by atoms with Crippen molar-refractivity contribution in [1.29, 1.82) is 0 Å². The molecule has 4 nitrogen and oxygen atoms in total. The number of nitrogens with zero attached hydrogens (tertiary/aromatic N) is 1. The summed E-state index contributed by atoms with van der Waals surface area (Å²) in [5.74, 6) is 4.60. The van der Waals surface area contributed by atoms with Gasteiger partial charge in [-0.05, 0) is 24.6 Å². The van der Waals surface area contributed by atoms with Gasteiger partial charge in [0.25, 0.3) is 5.91 Å². The molecule has 1 amide bonds. The number of hydrogen-bond donors (Lipinski definition) is 1. The van der Waals surface area contributed by atoms with Crippen LogP contribution in [0.4, 0.5) is 4.39 Å². The molecule has 0 aliphatic carbocycles. The number of aliphatic hydroxyl groups is 1. The quantitative estimate of drug-likeness (QED) is 0.839. The van der Waals surface area contributed by atoms with Gasteiger partial charge in [0.1, 0.15) is 5.82 Å². The third kappa shape index (κ3) is 4.28. The van der Waals surface area contributed by atoms with E-state index in [1.54, 1.807) is 11.0 Å². The van der Waals surface area contributed by atoms with E-state index in [1.165, 1.54) is 12.1 Å². The number of amides is 1. The van der Waals surface area contributed by atoms with E-state index in [9.17, 15) is 9.18 Å². The first-order chi connectivity index (χ1) is 10.2. The lowest BCUT2D eigenvalue weighted by Crippen LogP contribution is -2.33. The van der Waals surface area contributed by atoms with Gasteiger partial charge in [-0.2, -0.15) is 0 Å². The number of hydrogen-bond acceptors (Lipinski definition) is 3. The van der Waals surface area contributed by atoms with Gasteiger partial charge in [-0.15, -0.1) is 0 Å².